The van der Waals surface area contributed by atoms with Crippen molar-refractivity contribution in [3.63, 3.8) is 0 Å². The molecule has 0 bridgehead atoms. The molecule has 5 rings (SSSR count). The molecular weight excluding hydrogens is 503 g/mol. The summed E-state index contributed by atoms with van der Waals surface area (Å²) >= 11 is 0. The second kappa shape index (κ2) is 11.7. The van der Waals surface area contributed by atoms with E-state index in [4.69, 9.17) is 0 Å². The number of nitrogens with zero attached hydrogens (tertiary/aromatic N) is 1. The van der Waals surface area contributed by atoms with Crippen LogP contribution in [0.15, 0.2) is 84.9 Å². The van der Waals surface area contributed by atoms with E-state index < -0.39 is 5.97 Å². The first-order chi connectivity index (χ1) is 19.3. The second-order valence-electron chi connectivity index (χ2n) is 10.5. The number of halogens is 1. The van der Waals surface area contributed by atoms with Crippen molar-refractivity contribution >= 4 is 17.6 Å². The van der Waals surface area contributed by atoms with Crippen LogP contribution in [0, 0.1) is 12.7 Å². The molecule has 0 radical (unpaired) electrons. The number of nitrogens with one attached hydrogen (secondary N) is 1. The average molecular weight is 537 g/mol. The molecule has 1 amide bonds. The number of carboxylic acids is 1. The van der Waals surface area contributed by atoms with Crippen molar-refractivity contribution in [2.24, 2.45) is 0 Å². The van der Waals surface area contributed by atoms with Gasteiger partial charge in [0.15, 0.2) is 0 Å². The van der Waals surface area contributed by atoms with Gasteiger partial charge in [0.1, 0.15) is 5.82 Å². The number of aromatic carboxylic acids is 1. The molecule has 5 nitrogen and oxygen atoms in total. The van der Waals surface area contributed by atoms with E-state index in [-0.39, 0.29) is 23.3 Å². The second-order valence-corrected chi connectivity index (χ2v) is 10.5. The quantitative estimate of drug-likeness (QED) is 0.259. The van der Waals surface area contributed by atoms with E-state index in [1.165, 1.54) is 6.07 Å². The van der Waals surface area contributed by atoms with E-state index in [9.17, 15) is 19.1 Å². The SMILES string of the molecule is Cc1ccc([C@H](C)NC(=O)c2ccc3c(c2)CCCCN3Cc2cccc(-c3ccccc3C(=O)O)c2)cc1F. The Bertz CT molecular complexity index is 1560. The van der Waals surface area contributed by atoms with Crippen LogP contribution in [-0.4, -0.2) is 23.5 Å². The van der Waals surface area contributed by atoms with Crippen molar-refractivity contribution in [3.8, 4) is 11.1 Å². The van der Waals surface area contributed by atoms with Gasteiger partial charge in [-0.15, -0.1) is 0 Å². The van der Waals surface area contributed by atoms with Crippen LogP contribution in [-0.2, 0) is 13.0 Å². The molecule has 6 heteroatoms. The predicted octanol–water partition coefficient (Wildman–Crippen LogP) is 7.33. The van der Waals surface area contributed by atoms with E-state index >= 15 is 0 Å². The minimum absolute atomic E-state index is 0.183. The summed E-state index contributed by atoms with van der Waals surface area (Å²) in [5.74, 6) is -1.40. The first-order valence-electron chi connectivity index (χ1n) is 13.7. The largest absolute Gasteiger partial charge is 0.478 e. The van der Waals surface area contributed by atoms with Gasteiger partial charge in [-0.25, -0.2) is 9.18 Å². The Kier molecular flexibility index (Phi) is 7.96. The first kappa shape index (κ1) is 27.1. The molecule has 204 valence electrons. The number of benzene rings is 4. The molecule has 0 saturated heterocycles. The highest BCUT2D eigenvalue weighted by Crippen LogP contribution is 2.31. The third kappa shape index (κ3) is 5.91. The normalized spacial score (nSPS) is 13.7. The third-order valence-electron chi connectivity index (χ3n) is 7.62. The number of hydrogen-bond acceptors (Lipinski definition) is 3. The Balaban J connectivity index is 1.35. The van der Waals surface area contributed by atoms with Gasteiger partial charge in [-0.1, -0.05) is 48.5 Å². The Morgan fingerprint density at radius 2 is 1.80 bits per heavy atom. The standard InChI is InChI=1S/C34H33FN2O3/c1-22-13-14-25(20-31(22)35)23(2)36-33(38)28-15-16-32-27(19-28)9-5-6-17-37(32)21-24-8-7-10-26(18-24)29-11-3-4-12-30(29)34(39)40/h3-4,7-8,10-16,18-20,23H,5-6,9,17,21H2,1-2H3,(H,36,38)(H,39,40)/t23-/m0/s1. The molecule has 1 aliphatic heterocycles. The van der Waals surface area contributed by atoms with Crippen molar-refractivity contribution < 1.29 is 19.1 Å². The molecule has 0 unspecified atom stereocenters. The molecule has 40 heavy (non-hydrogen) atoms. The fourth-order valence-corrected chi connectivity index (χ4v) is 5.36. The van der Waals surface area contributed by atoms with Gasteiger partial charge < -0.3 is 15.3 Å². The van der Waals surface area contributed by atoms with Crippen LogP contribution in [0.3, 0.4) is 0 Å². The topological polar surface area (TPSA) is 69.6 Å². The van der Waals surface area contributed by atoms with Crippen LogP contribution in [0.2, 0.25) is 0 Å². The smallest absolute Gasteiger partial charge is 0.336 e. The summed E-state index contributed by atoms with van der Waals surface area (Å²) in [6.45, 7) is 5.15. The predicted molar refractivity (Wildman–Crippen MR) is 156 cm³/mol. The zero-order valence-corrected chi connectivity index (χ0v) is 22.8. The van der Waals surface area contributed by atoms with E-state index in [1.54, 1.807) is 25.1 Å². The lowest BCUT2D eigenvalue weighted by Gasteiger charge is -2.26. The lowest BCUT2D eigenvalue weighted by molar-refractivity contribution is 0.0697. The number of amides is 1. The molecule has 1 atom stereocenters. The Labute approximate surface area is 234 Å². The highest BCUT2D eigenvalue weighted by molar-refractivity contribution is 5.96. The molecule has 1 heterocycles. The maximum Gasteiger partial charge on any atom is 0.336 e. The van der Waals surface area contributed by atoms with Crippen molar-refractivity contribution in [1.82, 2.24) is 5.32 Å². The summed E-state index contributed by atoms with van der Waals surface area (Å²) < 4.78 is 14.0. The van der Waals surface area contributed by atoms with Crippen LogP contribution in [0.1, 0.15) is 68.8 Å². The van der Waals surface area contributed by atoms with Gasteiger partial charge in [0.2, 0.25) is 0 Å². The van der Waals surface area contributed by atoms with Crippen LogP contribution >= 0.6 is 0 Å². The number of carbonyl (C=O) groups is 2. The lowest BCUT2D eigenvalue weighted by Crippen LogP contribution is -2.27. The monoisotopic (exact) mass is 536 g/mol. The average Bonchev–Trinajstić information content (AvgIpc) is 3.16. The minimum Gasteiger partial charge on any atom is -0.478 e. The van der Waals surface area contributed by atoms with Crippen LogP contribution in [0.5, 0.6) is 0 Å². The van der Waals surface area contributed by atoms with Crippen LogP contribution < -0.4 is 10.2 Å². The zero-order chi connectivity index (χ0) is 28.2. The summed E-state index contributed by atoms with van der Waals surface area (Å²) in [6, 6.07) is 25.7. The molecule has 1 aliphatic rings. The van der Waals surface area contributed by atoms with Gasteiger partial charge in [0, 0.05) is 24.3 Å². The summed E-state index contributed by atoms with van der Waals surface area (Å²) in [4.78, 5) is 27.2. The van der Waals surface area contributed by atoms with E-state index in [0.717, 1.165) is 53.7 Å². The number of carboxylic acid groups (broad SMARTS) is 1. The molecule has 0 aromatic heterocycles. The van der Waals surface area contributed by atoms with E-state index in [1.807, 2.05) is 55.5 Å². The van der Waals surface area contributed by atoms with Crippen LogP contribution in [0.25, 0.3) is 11.1 Å². The molecule has 2 N–H and O–H groups in total. The van der Waals surface area contributed by atoms with Gasteiger partial charge in [0.05, 0.1) is 11.6 Å². The summed E-state index contributed by atoms with van der Waals surface area (Å²) in [7, 11) is 0. The molecule has 4 aromatic rings. The van der Waals surface area contributed by atoms with Gasteiger partial charge in [-0.05, 0) is 103 Å². The number of anilines is 1. The highest BCUT2D eigenvalue weighted by atomic mass is 19.1. The molecule has 0 fully saturated rings. The van der Waals surface area contributed by atoms with Crippen molar-refractivity contribution in [2.75, 3.05) is 11.4 Å². The number of aryl methyl sites for hydroxylation is 2. The van der Waals surface area contributed by atoms with Gasteiger partial charge in [0.25, 0.3) is 5.91 Å². The summed E-state index contributed by atoms with van der Waals surface area (Å²) in [5.41, 5.74) is 7.09. The molecular formula is C34H33FN2O3. The lowest BCUT2D eigenvalue weighted by atomic mass is 9.98. The molecule has 0 aliphatic carbocycles. The molecule has 4 aromatic carbocycles. The Hall–Kier alpha value is -4.45. The van der Waals surface area contributed by atoms with Crippen molar-refractivity contribution in [2.45, 2.75) is 45.7 Å². The minimum atomic E-state index is -0.942. The number of hydrogen-bond donors (Lipinski definition) is 2. The number of carbonyl (C=O) groups excluding carboxylic acids is 1. The maximum absolute atomic E-state index is 14.0. The van der Waals surface area contributed by atoms with E-state index in [0.29, 0.717) is 23.2 Å². The van der Waals surface area contributed by atoms with Gasteiger partial charge in [-0.3, -0.25) is 4.79 Å². The first-order valence-corrected chi connectivity index (χ1v) is 13.7. The fraction of sp³-hybridized carbons (Fsp3) is 0.235. The molecule has 0 spiro atoms. The number of fused-ring (bicyclic) bond motifs is 1. The van der Waals surface area contributed by atoms with Crippen LogP contribution in [0.4, 0.5) is 10.1 Å². The Morgan fingerprint density at radius 1 is 0.975 bits per heavy atom. The third-order valence-corrected chi connectivity index (χ3v) is 7.62. The van der Waals surface area contributed by atoms with Gasteiger partial charge >= 0.3 is 5.97 Å². The fourth-order valence-electron chi connectivity index (χ4n) is 5.36. The Morgan fingerprint density at radius 3 is 2.60 bits per heavy atom. The highest BCUT2D eigenvalue weighted by Gasteiger charge is 2.20. The van der Waals surface area contributed by atoms with E-state index in [2.05, 4.69) is 22.3 Å². The number of rotatable bonds is 7. The van der Waals surface area contributed by atoms with Crippen molar-refractivity contribution in [1.29, 1.82) is 0 Å². The summed E-state index contributed by atoms with van der Waals surface area (Å²) in [6.07, 6.45) is 2.95. The molecule has 0 saturated carbocycles. The maximum atomic E-state index is 14.0. The summed E-state index contributed by atoms with van der Waals surface area (Å²) in [5, 5.41) is 12.6. The van der Waals surface area contributed by atoms with Crippen molar-refractivity contribution in [3.05, 3.63) is 124 Å². The van der Waals surface area contributed by atoms with Gasteiger partial charge in [-0.2, -0.15) is 0 Å². The zero-order valence-electron chi connectivity index (χ0n) is 22.8.